The van der Waals surface area contributed by atoms with Gasteiger partial charge in [0.1, 0.15) is 0 Å². The highest BCUT2D eigenvalue weighted by Crippen LogP contribution is 2.64. The van der Waals surface area contributed by atoms with Crippen LogP contribution in [0, 0.1) is 5.92 Å². The predicted molar refractivity (Wildman–Crippen MR) is 77.9 cm³/mol. The number of piperidine rings is 1. The van der Waals surface area contributed by atoms with E-state index in [0.717, 1.165) is 0 Å². The van der Waals surface area contributed by atoms with E-state index in [2.05, 4.69) is 4.52 Å². The van der Waals surface area contributed by atoms with Crippen LogP contribution < -0.4 is 0 Å². The van der Waals surface area contributed by atoms with Crippen molar-refractivity contribution in [2.45, 2.75) is 44.7 Å². The van der Waals surface area contributed by atoms with Crippen LogP contribution in [0.15, 0.2) is 0 Å². The second-order valence-corrected chi connectivity index (χ2v) is 9.66. The van der Waals surface area contributed by atoms with Gasteiger partial charge in [-0.05, 0) is 25.7 Å². The summed E-state index contributed by atoms with van der Waals surface area (Å²) >= 11 is 0. The van der Waals surface area contributed by atoms with E-state index in [-0.39, 0.29) is 38.5 Å². The van der Waals surface area contributed by atoms with Gasteiger partial charge in [0.25, 0.3) is 0 Å². The van der Waals surface area contributed by atoms with Gasteiger partial charge >= 0.3 is 15.2 Å². The minimum atomic E-state index is -4.85. The van der Waals surface area contributed by atoms with Gasteiger partial charge < -0.3 is 24.3 Å². The molecule has 0 aromatic rings. The Bertz CT molecular complexity index is 442. The molecule has 21 heavy (non-hydrogen) atoms. The van der Waals surface area contributed by atoms with Gasteiger partial charge in [-0.3, -0.25) is 14.0 Å². The monoisotopic (exact) mass is 345 g/mol. The van der Waals surface area contributed by atoms with Crippen molar-refractivity contribution in [3.05, 3.63) is 0 Å². The van der Waals surface area contributed by atoms with E-state index in [9.17, 15) is 28.9 Å². The Labute approximate surface area is 124 Å². The highest BCUT2D eigenvalue weighted by atomic mass is 31.2. The third-order valence-electron chi connectivity index (χ3n) is 3.97. The molecule has 2 unspecified atom stereocenters. The number of aliphatic hydroxyl groups is 1. The Morgan fingerprint density at radius 1 is 1.19 bits per heavy atom. The van der Waals surface area contributed by atoms with E-state index in [1.54, 1.807) is 0 Å². The van der Waals surface area contributed by atoms with E-state index in [1.807, 2.05) is 13.8 Å². The average molecular weight is 345 g/mol. The van der Waals surface area contributed by atoms with Crippen LogP contribution >= 0.6 is 15.2 Å². The lowest BCUT2D eigenvalue weighted by Crippen LogP contribution is -2.50. The van der Waals surface area contributed by atoms with E-state index >= 15 is 0 Å². The second kappa shape index (κ2) is 6.77. The van der Waals surface area contributed by atoms with Crippen LogP contribution in [0.3, 0.4) is 0 Å². The minimum absolute atomic E-state index is 0.000908. The summed E-state index contributed by atoms with van der Waals surface area (Å²) in [6, 6.07) is 0. The smallest absolute Gasteiger partial charge is 0.357 e. The highest BCUT2D eigenvalue weighted by molar-refractivity contribution is 7.71. The largest absolute Gasteiger partial charge is 0.390 e. The molecule has 0 aromatic carbocycles. The van der Waals surface area contributed by atoms with Crippen LogP contribution in [0.1, 0.15) is 33.6 Å². The minimum Gasteiger partial charge on any atom is -0.390 e. The Hall–Kier alpha value is 0.220. The van der Waals surface area contributed by atoms with Gasteiger partial charge in [-0.25, -0.2) is 0 Å². The fourth-order valence-corrected chi connectivity index (χ4v) is 6.10. The van der Waals surface area contributed by atoms with Crippen molar-refractivity contribution in [3.63, 3.8) is 0 Å². The first-order valence-corrected chi connectivity index (χ1v) is 10.3. The van der Waals surface area contributed by atoms with Crippen molar-refractivity contribution in [3.8, 4) is 0 Å². The molecule has 1 rings (SSSR count). The van der Waals surface area contributed by atoms with Crippen molar-refractivity contribution >= 4 is 15.2 Å². The fourth-order valence-electron chi connectivity index (χ4n) is 2.58. The molecule has 2 atom stereocenters. The third-order valence-corrected chi connectivity index (χ3v) is 8.22. The van der Waals surface area contributed by atoms with Gasteiger partial charge in [0, 0.05) is 13.1 Å². The molecule has 0 aliphatic carbocycles. The molecule has 0 saturated carbocycles. The summed E-state index contributed by atoms with van der Waals surface area (Å²) in [6.07, 6.45) is 0.570. The van der Waals surface area contributed by atoms with Gasteiger partial charge in [-0.1, -0.05) is 13.8 Å². The van der Waals surface area contributed by atoms with E-state index in [0.29, 0.717) is 0 Å². The number of rotatable bonds is 6. The molecule has 1 saturated heterocycles. The summed E-state index contributed by atoms with van der Waals surface area (Å²) in [4.78, 5) is 29.9. The maximum Gasteiger partial charge on any atom is 0.357 e. The predicted octanol–water partition coefficient (Wildman–Crippen LogP) is 1.15. The van der Waals surface area contributed by atoms with Crippen molar-refractivity contribution in [2.24, 2.45) is 5.92 Å². The summed E-state index contributed by atoms with van der Waals surface area (Å²) in [7, 11) is -9.33. The van der Waals surface area contributed by atoms with Crippen LogP contribution in [0.4, 0.5) is 0 Å². The molecule has 4 N–H and O–H groups in total. The summed E-state index contributed by atoms with van der Waals surface area (Å²) in [5, 5.41) is 10.4. The Kier molecular flexibility index (Phi) is 6.21. The van der Waals surface area contributed by atoms with Crippen molar-refractivity contribution in [2.75, 3.05) is 19.7 Å². The Morgan fingerprint density at radius 3 is 2.00 bits per heavy atom. The molecule has 0 radical (unpaired) electrons. The van der Waals surface area contributed by atoms with Gasteiger partial charge in [0.2, 0.25) is 5.52 Å². The summed E-state index contributed by atoms with van der Waals surface area (Å²) in [5.74, 6) is 0.000908. The molecule has 0 aromatic heterocycles. The first kappa shape index (κ1) is 19.3. The quantitative estimate of drug-likeness (QED) is 0.528. The highest BCUT2D eigenvalue weighted by Gasteiger charge is 2.51. The average Bonchev–Trinajstić information content (AvgIpc) is 2.29. The first-order valence-electron chi connectivity index (χ1n) is 6.92. The summed E-state index contributed by atoms with van der Waals surface area (Å²) in [5.41, 5.74) is -2.79. The van der Waals surface area contributed by atoms with Gasteiger partial charge in [0.05, 0.1) is 12.2 Å². The summed E-state index contributed by atoms with van der Waals surface area (Å²) < 4.78 is 28.4. The van der Waals surface area contributed by atoms with Crippen molar-refractivity contribution < 1.29 is 33.4 Å². The fraction of sp³-hybridized carbons (Fsp3) is 1.00. The molecule has 1 fully saturated rings. The normalized spacial score (nSPS) is 24.8. The number of nitrogens with zero attached hydrogens (tertiary/aromatic N) is 1. The lowest BCUT2D eigenvalue weighted by Gasteiger charge is -2.43. The zero-order chi connectivity index (χ0) is 16.5. The molecule has 0 spiro atoms. The molecule has 8 nitrogen and oxygen atoms in total. The van der Waals surface area contributed by atoms with Gasteiger partial charge in [0.15, 0.2) is 0 Å². The maximum absolute atomic E-state index is 12.1. The standard InChI is InChI=1S/C11H25NO7P2/c1-4-19-21(17,18)10(20(14,15)16)12-7-5-11(13,6-8-12)9(2)3/h9-10,13H,4-8H2,1-3H3,(H,17,18)(H2,14,15,16). The lowest BCUT2D eigenvalue weighted by molar-refractivity contribution is -0.0572. The van der Waals surface area contributed by atoms with Crippen LogP contribution in [0.2, 0.25) is 0 Å². The zero-order valence-electron chi connectivity index (χ0n) is 12.5. The molecular formula is C11H25NO7P2. The number of hydrogen-bond donors (Lipinski definition) is 4. The van der Waals surface area contributed by atoms with Gasteiger partial charge in [-0.15, -0.1) is 0 Å². The van der Waals surface area contributed by atoms with E-state index < -0.39 is 26.3 Å². The second-order valence-electron chi connectivity index (χ2n) is 5.71. The van der Waals surface area contributed by atoms with Crippen molar-refractivity contribution in [1.29, 1.82) is 0 Å². The molecule has 126 valence electrons. The first-order chi connectivity index (χ1) is 9.44. The molecule has 1 aliphatic heterocycles. The van der Waals surface area contributed by atoms with Crippen molar-refractivity contribution in [1.82, 2.24) is 4.90 Å². The molecule has 1 aliphatic rings. The molecule has 0 bridgehead atoms. The topological polar surface area (TPSA) is 128 Å². The molecular weight excluding hydrogens is 320 g/mol. The van der Waals surface area contributed by atoms with E-state index in [4.69, 9.17) is 0 Å². The van der Waals surface area contributed by atoms with Gasteiger partial charge in [-0.2, -0.15) is 0 Å². The maximum atomic E-state index is 12.1. The van der Waals surface area contributed by atoms with Crippen LogP contribution in [-0.2, 0) is 13.7 Å². The van der Waals surface area contributed by atoms with Crippen LogP contribution in [-0.4, -0.2) is 55.5 Å². The molecule has 1 heterocycles. The SMILES string of the molecule is CCOP(=O)(O)C(N1CCC(O)(C(C)C)CC1)P(=O)(O)O. The van der Waals surface area contributed by atoms with E-state index in [1.165, 1.54) is 11.8 Å². The van der Waals surface area contributed by atoms with Crippen LogP contribution in [0.25, 0.3) is 0 Å². The number of hydrogen-bond acceptors (Lipinski definition) is 5. The Balaban J connectivity index is 2.95. The summed E-state index contributed by atoms with van der Waals surface area (Å²) in [6.45, 7) is 5.35. The molecule has 0 amide bonds. The lowest BCUT2D eigenvalue weighted by atomic mass is 9.82. The Morgan fingerprint density at radius 2 is 1.67 bits per heavy atom. The number of likely N-dealkylation sites (tertiary alicyclic amines) is 1. The van der Waals surface area contributed by atoms with Crippen LogP contribution in [0.5, 0.6) is 0 Å². The zero-order valence-corrected chi connectivity index (χ0v) is 14.3. The molecule has 10 heteroatoms. The third kappa shape index (κ3) is 4.60.